The molecule has 0 saturated carbocycles. The van der Waals surface area contributed by atoms with E-state index in [0.717, 1.165) is 30.4 Å². The van der Waals surface area contributed by atoms with Crippen molar-refractivity contribution in [2.24, 2.45) is 0 Å². The number of imidazole rings is 1. The Hall–Kier alpha value is -4.18. The van der Waals surface area contributed by atoms with Crippen molar-refractivity contribution in [2.75, 3.05) is 13.2 Å². The van der Waals surface area contributed by atoms with Gasteiger partial charge in [0.15, 0.2) is 17.9 Å². The lowest BCUT2D eigenvalue weighted by Gasteiger charge is -2.23. The summed E-state index contributed by atoms with van der Waals surface area (Å²) >= 11 is 0. The second-order valence-electron chi connectivity index (χ2n) is 8.90. The van der Waals surface area contributed by atoms with Gasteiger partial charge in [0.05, 0.1) is 5.69 Å². The fraction of sp³-hybridized carbons (Fsp3) is 0.296. The van der Waals surface area contributed by atoms with E-state index in [1.54, 1.807) is 47.3 Å². The predicted molar refractivity (Wildman–Crippen MR) is 138 cm³/mol. The molecule has 1 atom stereocenters. The van der Waals surface area contributed by atoms with E-state index in [9.17, 15) is 9.90 Å². The predicted octanol–water partition coefficient (Wildman–Crippen LogP) is 5.48. The van der Waals surface area contributed by atoms with Gasteiger partial charge in [-0.25, -0.2) is 18.9 Å². The molecule has 1 amide bonds. The average Bonchev–Trinajstić information content (AvgIpc) is 3.53. The molecule has 2 aromatic heterocycles. The molecule has 1 aliphatic rings. The highest BCUT2D eigenvalue weighted by Gasteiger charge is 2.26. The zero-order valence-corrected chi connectivity index (χ0v) is 20.4. The van der Waals surface area contributed by atoms with Crippen molar-refractivity contribution < 1.29 is 24.1 Å². The monoisotopic (exact) mass is 505 g/mol. The number of hydrogen-bond donors (Lipinski definition) is 4. The first kappa shape index (κ1) is 24.5. The summed E-state index contributed by atoms with van der Waals surface area (Å²) in [6.07, 6.45) is 6.80. The maximum absolute atomic E-state index is 16.3. The highest BCUT2D eigenvalue weighted by molar-refractivity contribution is 5.95. The first-order valence-electron chi connectivity index (χ1n) is 12.3. The third-order valence-corrected chi connectivity index (χ3v) is 6.48. The van der Waals surface area contributed by atoms with Crippen LogP contribution in [0.15, 0.2) is 42.6 Å². The van der Waals surface area contributed by atoms with Crippen LogP contribution >= 0.6 is 0 Å². The van der Waals surface area contributed by atoms with Crippen LogP contribution in [0.5, 0.6) is 5.75 Å². The van der Waals surface area contributed by atoms with Crippen LogP contribution in [0.4, 0.5) is 9.18 Å². The fourth-order valence-electron chi connectivity index (χ4n) is 4.70. The number of aromatic amines is 1. The van der Waals surface area contributed by atoms with Crippen LogP contribution in [0.1, 0.15) is 43.7 Å². The quantitative estimate of drug-likeness (QED) is 0.264. The van der Waals surface area contributed by atoms with E-state index < -0.39 is 18.1 Å². The number of hydrogen-bond acceptors (Lipinski definition) is 5. The van der Waals surface area contributed by atoms with E-state index >= 15 is 4.39 Å². The molecule has 0 radical (unpaired) electrons. The third kappa shape index (κ3) is 4.92. The van der Waals surface area contributed by atoms with Gasteiger partial charge >= 0.3 is 6.09 Å². The maximum Gasteiger partial charge on any atom is 0.404 e. The number of fused-ring (bicyclic) bond motifs is 1. The van der Waals surface area contributed by atoms with Crippen molar-refractivity contribution in [3.63, 3.8) is 0 Å². The molecule has 5 rings (SSSR count). The van der Waals surface area contributed by atoms with Crippen LogP contribution in [0.3, 0.4) is 0 Å². The van der Waals surface area contributed by atoms with Gasteiger partial charge in [0.25, 0.3) is 0 Å². The lowest BCUT2D eigenvalue weighted by Crippen LogP contribution is -2.20. The van der Waals surface area contributed by atoms with Crippen LogP contribution in [-0.4, -0.2) is 49.2 Å². The average molecular weight is 506 g/mol. The minimum Gasteiger partial charge on any atom is -0.508 e. The SMILES string of the molecule is CCc1cc(O)ccc1-c1ccc2c(-c3nc(C=CCNC(=O)O)c[nH]3)nn(C3CCCCO3)c2c1F. The van der Waals surface area contributed by atoms with E-state index in [4.69, 9.17) is 14.9 Å². The number of nitrogens with one attached hydrogen (secondary N) is 2. The highest BCUT2D eigenvalue weighted by Crippen LogP contribution is 2.38. The van der Waals surface area contributed by atoms with Gasteiger partial charge in [-0.05, 0) is 61.1 Å². The van der Waals surface area contributed by atoms with Crippen LogP contribution in [-0.2, 0) is 11.2 Å². The second kappa shape index (κ2) is 10.4. The Morgan fingerprint density at radius 2 is 2.14 bits per heavy atom. The molecule has 10 heteroatoms. The number of ether oxygens (including phenoxy) is 1. The molecule has 0 bridgehead atoms. The highest BCUT2D eigenvalue weighted by atomic mass is 19.1. The minimum atomic E-state index is -1.10. The van der Waals surface area contributed by atoms with E-state index in [0.29, 0.717) is 46.7 Å². The van der Waals surface area contributed by atoms with Gasteiger partial charge in [0, 0.05) is 30.3 Å². The Labute approximate surface area is 212 Å². The van der Waals surface area contributed by atoms with Crippen LogP contribution in [0.25, 0.3) is 39.6 Å². The normalized spacial score (nSPS) is 16.0. The molecule has 1 unspecified atom stereocenters. The molecule has 1 saturated heterocycles. The van der Waals surface area contributed by atoms with Crippen molar-refractivity contribution in [3.05, 3.63) is 59.7 Å². The molecule has 1 fully saturated rings. The molecule has 4 aromatic rings. The van der Waals surface area contributed by atoms with Crippen molar-refractivity contribution >= 4 is 23.1 Å². The van der Waals surface area contributed by atoms with Crippen LogP contribution in [0.2, 0.25) is 0 Å². The Morgan fingerprint density at radius 3 is 2.89 bits per heavy atom. The van der Waals surface area contributed by atoms with Gasteiger partial charge < -0.3 is 25.3 Å². The first-order chi connectivity index (χ1) is 18.0. The number of amides is 1. The van der Waals surface area contributed by atoms with Gasteiger partial charge in [-0.3, -0.25) is 0 Å². The second-order valence-corrected chi connectivity index (χ2v) is 8.90. The van der Waals surface area contributed by atoms with E-state index in [-0.39, 0.29) is 12.3 Å². The number of aromatic nitrogens is 4. The fourth-order valence-corrected chi connectivity index (χ4v) is 4.70. The number of carbonyl (C=O) groups is 1. The molecule has 0 spiro atoms. The molecule has 0 aliphatic carbocycles. The number of phenols is 1. The molecular formula is C27H28FN5O4. The lowest BCUT2D eigenvalue weighted by atomic mass is 9.96. The van der Waals surface area contributed by atoms with Gasteiger partial charge in [0.2, 0.25) is 0 Å². The molecule has 37 heavy (non-hydrogen) atoms. The van der Waals surface area contributed by atoms with Crippen molar-refractivity contribution in [1.82, 2.24) is 25.1 Å². The Morgan fingerprint density at radius 1 is 1.30 bits per heavy atom. The van der Waals surface area contributed by atoms with Crippen molar-refractivity contribution in [3.8, 4) is 28.4 Å². The number of aryl methyl sites for hydroxylation is 1. The molecule has 1 aliphatic heterocycles. The lowest BCUT2D eigenvalue weighted by molar-refractivity contribution is -0.0368. The molecule has 3 heterocycles. The van der Waals surface area contributed by atoms with Crippen molar-refractivity contribution in [2.45, 2.75) is 38.8 Å². The topological polar surface area (TPSA) is 125 Å². The number of phenolic OH excluding ortho intramolecular Hbond substituents is 1. The Kier molecular flexibility index (Phi) is 6.91. The number of rotatable bonds is 7. The van der Waals surface area contributed by atoms with Crippen LogP contribution < -0.4 is 5.32 Å². The number of halogens is 1. The van der Waals surface area contributed by atoms with Crippen molar-refractivity contribution in [1.29, 1.82) is 0 Å². The summed E-state index contributed by atoms with van der Waals surface area (Å²) in [6, 6.07) is 8.55. The zero-order chi connectivity index (χ0) is 25.9. The van der Waals surface area contributed by atoms with Gasteiger partial charge in [-0.1, -0.05) is 25.1 Å². The van der Waals surface area contributed by atoms with Gasteiger partial charge in [-0.2, -0.15) is 5.10 Å². The Balaban J connectivity index is 1.61. The molecule has 192 valence electrons. The molecule has 9 nitrogen and oxygen atoms in total. The standard InChI is InChI=1S/C27H28FN5O4/c1-2-16-14-18(34)8-9-19(16)20-10-11-21-24(26-30-15-17(31-26)6-5-12-29-27(35)36)32-33(25(21)23(20)28)22-7-3-4-13-37-22/h5-6,8-11,14-15,22,29,34H,2-4,7,12-13H2,1H3,(H,30,31)(H,35,36). The molecule has 2 aromatic carbocycles. The van der Waals surface area contributed by atoms with E-state index in [1.165, 1.54) is 0 Å². The summed E-state index contributed by atoms with van der Waals surface area (Å²) in [7, 11) is 0. The summed E-state index contributed by atoms with van der Waals surface area (Å²) in [5.41, 5.74) is 3.43. The zero-order valence-electron chi connectivity index (χ0n) is 20.4. The third-order valence-electron chi connectivity index (χ3n) is 6.48. The van der Waals surface area contributed by atoms with E-state index in [1.807, 2.05) is 13.0 Å². The minimum absolute atomic E-state index is 0.145. The smallest absolute Gasteiger partial charge is 0.404 e. The number of carboxylic acid groups (broad SMARTS) is 1. The summed E-state index contributed by atoms with van der Waals surface area (Å²) in [5.74, 6) is 0.208. The number of H-pyrrole nitrogens is 1. The van der Waals surface area contributed by atoms with E-state index in [2.05, 4.69) is 15.3 Å². The maximum atomic E-state index is 16.3. The summed E-state index contributed by atoms with van der Waals surface area (Å²) in [5, 5.41) is 26.3. The summed E-state index contributed by atoms with van der Waals surface area (Å²) in [6.45, 7) is 2.70. The first-order valence-corrected chi connectivity index (χ1v) is 12.3. The largest absolute Gasteiger partial charge is 0.508 e. The summed E-state index contributed by atoms with van der Waals surface area (Å²) in [4.78, 5) is 18.3. The number of nitrogens with zero attached hydrogens (tertiary/aromatic N) is 3. The summed E-state index contributed by atoms with van der Waals surface area (Å²) < 4.78 is 23.9. The number of benzene rings is 2. The van der Waals surface area contributed by atoms with Gasteiger partial charge in [-0.15, -0.1) is 0 Å². The molecular weight excluding hydrogens is 477 g/mol. The van der Waals surface area contributed by atoms with Crippen LogP contribution in [0, 0.1) is 5.82 Å². The molecule has 4 N–H and O–H groups in total. The number of aromatic hydroxyl groups is 1. The Bertz CT molecular complexity index is 1470. The van der Waals surface area contributed by atoms with Gasteiger partial charge in [0.1, 0.15) is 17.0 Å².